The summed E-state index contributed by atoms with van der Waals surface area (Å²) in [6, 6.07) is 0. The van der Waals surface area contributed by atoms with Crippen molar-refractivity contribution >= 4 is 49.5 Å². The number of aryl methyl sites for hydroxylation is 1. The molecule has 0 bridgehead atoms. The van der Waals surface area contributed by atoms with E-state index in [0.29, 0.717) is 11.8 Å². The van der Waals surface area contributed by atoms with Crippen molar-refractivity contribution in [2.24, 2.45) is 7.05 Å². The molecule has 1 unspecified atom stereocenters. The quantitative estimate of drug-likeness (QED) is 0.838. The summed E-state index contributed by atoms with van der Waals surface area (Å²) in [5, 5.41) is 7.74. The molecule has 1 aromatic rings. The molecule has 2 rings (SSSR count). The first-order chi connectivity index (χ1) is 8.50. The van der Waals surface area contributed by atoms with Crippen LogP contribution in [-0.2, 0) is 17.1 Å². The zero-order valence-corrected chi connectivity index (χ0v) is 13.7. The van der Waals surface area contributed by atoms with Crippen LogP contribution in [0.25, 0.3) is 0 Å². The average Bonchev–Trinajstić information content (AvgIpc) is 2.69. The monoisotopic (exact) mass is 372 g/mol. The van der Waals surface area contributed by atoms with Gasteiger partial charge in [0.05, 0.1) is 0 Å². The number of sulfonamides is 1. The van der Waals surface area contributed by atoms with Crippen LogP contribution < -0.4 is 4.72 Å². The molecule has 1 saturated heterocycles. The average molecular weight is 373 g/mol. The molecule has 0 spiro atoms. The third-order valence-electron chi connectivity index (χ3n) is 2.38. The van der Waals surface area contributed by atoms with Gasteiger partial charge in [-0.2, -0.15) is 23.5 Å². The van der Waals surface area contributed by atoms with Gasteiger partial charge in [-0.15, -0.1) is 5.10 Å². The van der Waals surface area contributed by atoms with Gasteiger partial charge in [-0.1, -0.05) is 5.21 Å². The van der Waals surface area contributed by atoms with E-state index >= 15 is 0 Å². The Kier molecular flexibility index (Phi) is 4.98. The van der Waals surface area contributed by atoms with Crippen molar-refractivity contribution in [3.8, 4) is 0 Å². The molecule has 0 aliphatic carbocycles. The van der Waals surface area contributed by atoms with E-state index in [1.165, 1.54) is 4.68 Å². The highest BCUT2D eigenvalue weighted by Gasteiger charge is 2.25. The van der Waals surface area contributed by atoms with Gasteiger partial charge in [0, 0.05) is 36.1 Å². The zero-order chi connectivity index (χ0) is 13.2. The topological polar surface area (TPSA) is 76.9 Å². The van der Waals surface area contributed by atoms with Crippen LogP contribution in [0.2, 0.25) is 0 Å². The van der Waals surface area contributed by atoms with Gasteiger partial charge in [-0.3, -0.25) is 0 Å². The Hall–Kier alpha value is 0.230. The van der Waals surface area contributed by atoms with Crippen LogP contribution in [0.15, 0.2) is 9.63 Å². The summed E-state index contributed by atoms with van der Waals surface area (Å²) < 4.78 is 28.3. The number of thioether (sulfide) groups is 2. The van der Waals surface area contributed by atoms with Gasteiger partial charge in [0.1, 0.15) is 0 Å². The third kappa shape index (κ3) is 3.41. The molecular formula is C8H13BrN4O2S3. The number of halogens is 1. The molecule has 1 fully saturated rings. The van der Waals surface area contributed by atoms with Gasteiger partial charge in [-0.05, 0) is 15.9 Å². The van der Waals surface area contributed by atoms with Crippen molar-refractivity contribution in [3.63, 3.8) is 0 Å². The van der Waals surface area contributed by atoms with Crippen LogP contribution in [0.5, 0.6) is 0 Å². The lowest BCUT2D eigenvalue weighted by Crippen LogP contribution is -2.34. The fourth-order valence-corrected chi connectivity index (χ4v) is 6.42. The molecule has 1 atom stereocenters. The summed E-state index contributed by atoms with van der Waals surface area (Å²) >= 11 is 6.77. The van der Waals surface area contributed by atoms with Crippen LogP contribution in [0.4, 0.5) is 0 Å². The maximum absolute atomic E-state index is 12.1. The molecule has 1 aliphatic heterocycles. The molecule has 1 aromatic heterocycles. The Labute approximate surface area is 123 Å². The summed E-state index contributed by atoms with van der Waals surface area (Å²) in [5.74, 6) is 3.21. The van der Waals surface area contributed by atoms with Crippen molar-refractivity contribution < 1.29 is 8.42 Å². The van der Waals surface area contributed by atoms with Crippen LogP contribution in [-0.4, -0.2) is 52.5 Å². The van der Waals surface area contributed by atoms with Crippen LogP contribution in [0.1, 0.15) is 0 Å². The summed E-state index contributed by atoms with van der Waals surface area (Å²) in [5.41, 5.74) is 0. The highest BCUT2D eigenvalue weighted by molar-refractivity contribution is 9.10. The Morgan fingerprint density at radius 2 is 2.33 bits per heavy atom. The Balaban J connectivity index is 2.03. The van der Waals surface area contributed by atoms with E-state index < -0.39 is 10.0 Å². The fourth-order valence-electron chi connectivity index (χ4n) is 1.53. The summed E-state index contributed by atoms with van der Waals surface area (Å²) in [7, 11) is -2.01. The minimum atomic E-state index is -3.56. The molecule has 2 heterocycles. The maximum Gasteiger partial charge on any atom is 0.260 e. The first-order valence-electron chi connectivity index (χ1n) is 5.25. The normalized spacial score (nSPS) is 21.1. The number of nitrogens with zero attached hydrogens (tertiary/aromatic N) is 3. The molecule has 102 valence electrons. The molecule has 0 saturated carbocycles. The van der Waals surface area contributed by atoms with Crippen molar-refractivity contribution in [3.05, 3.63) is 4.60 Å². The Morgan fingerprint density at radius 3 is 2.89 bits per heavy atom. The van der Waals surface area contributed by atoms with E-state index in [2.05, 4.69) is 31.0 Å². The number of nitrogens with one attached hydrogen (secondary N) is 1. The molecule has 10 heteroatoms. The van der Waals surface area contributed by atoms with Crippen LogP contribution >= 0.6 is 39.5 Å². The second kappa shape index (κ2) is 6.12. The minimum Gasteiger partial charge on any atom is -0.235 e. The van der Waals surface area contributed by atoms with Crippen LogP contribution in [0.3, 0.4) is 0 Å². The summed E-state index contributed by atoms with van der Waals surface area (Å²) in [4.78, 5) is 0. The Morgan fingerprint density at radius 1 is 1.56 bits per heavy atom. The largest absolute Gasteiger partial charge is 0.260 e. The molecular weight excluding hydrogens is 360 g/mol. The highest BCUT2D eigenvalue weighted by Crippen LogP contribution is 2.24. The highest BCUT2D eigenvalue weighted by atomic mass is 79.9. The third-order valence-corrected chi connectivity index (χ3v) is 7.53. The maximum atomic E-state index is 12.1. The molecule has 0 amide bonds. The molecule has 1 N–H and O–H groups in total. The van der Waals surface area contributed by atoms with E-state index in [-0.39, 0.29) is 9.63 Å². The number of rotatable bonds is 4. The molecule has 6 nitrogen and oxygen atoms in total. The van der Waals surface area contributed by atoms with Gasteiger partial charge >= 0.3 is 0 Å². The standard InChI is InChI=1S/C8H13BrN4O2S3/c1-13-8(7(9)11-12-13)18(14,15)10-4-6-5-16-2-3-17-6/h6,10H,2-5H2,1H3. The lowest BCUT2D eigenvalue weighted by molar-refractivity contribution is 0.560. The van der Waals surface area contributed by atoms with E-state index in [9.17, 15) is 8.42 Å². The number of hydrogen-bond acceptors (Lipinski definition) is 6. The first-order valence-corrected chi connectivity index (χ1v) is 9.73. The Bertz CT molecular complexity index is 493. The van der Waals surface area contributed by atoms with E-state index in [1.54, 1.807) is 7.05 Å². The van der Waals surface area contributed by atoms with Gasteiger partial charge in [0.2, 0.25) is 5.03 Å². The zero-order valence-electron chi connectivity index (χ0n) is 9.67. The second-order valence-corrected chi connectivity index (χ2v) is 8.72. The molecule has 0 aromatic carbocycles. The predicted molar refractivity (Wildman–Crippen MR) is 77.5 cm³/mol. The van der Waals surface area contributed by atoms with Gasteiger partial charge in [0.25, 0.3) is 10.0 Å². The molecule has 0 radical (unpaired) electrons. The van der Waals surface area contributed by atoms with Crippen molar-refractivity contribution in [1.82, 2.24) is 19.7 Å². The van der Waals surface area contributed by atoms with Crippen molar-refractivity contribution in [1.29, 1.82) is 0 Å². The lowest BCUT2D eigenvalue weighted by Gasteiger charge is -2.20. The number of hydrogen-bond donors (Lipinski definition) is 1. The van der Waals surface area contributed by atoms with Crippen molar-refractivity contribution in [2.45, 2.75) is 10.3 Å². The SMILES string of the molecule is Cn1nnc(Br)c1S(=O)(=O)NCC1CSCCS1. The summed E-state index contributed by atoms with van der Waals surface area (Å²) in [6.07, 6.45) is 0. The first kappa shape index (κ1) is 14.6. The molecule has 18 heavy (non-hydrogen) atoms. The summed E-state index contributed by atoms with van der Waals surface area (Å²) in [6.45, 7) is 0.442. The van der Waals surface area contributed by atoms with E-state index in [4.69, 9.17) is 0 Å². The lowest BCUT2D eigenvalue weighted by atomic mass is 10.5. The van der Waals surface area contributed by atoms with Gasteiger partial charge in [0.15, 0.2) is 4.60 Å². The van der Waals surface area contributed by atoms with Gasteiger partial charge in [-0.25, -0.2) is 17.8 Å². The minimum absolute atomic E-state index is 0.0657. The fraction of sp³-hybridized carbons (Fsp3) is 0.750. The second-order valence-electron chi connectivity index (χ2n) is 3.73. The van der Waals surface area contributed by atoms with E-state index in [1.807, 2.05) is 23.5 Å². The number of aromatic nitrogens is 3. The van der Waals surface area contributed by atoms with Crippen molar-refractivity contribution in [2.75, 3.05) is 23.8 Å². The van der Waals surface area contributed by atoms with Gasteiger partial charge < -0.3 is 0 Å². The predicted octanol–water partition coefficient (Wildman–Crippen LogP) is 0.704. The van der Waals surface area contributed by atoms with Crippen LogP contribution in [0, 0.1) is 0 Å². The van der Waals surface area contributed by atoms with E-state index in [0.717, 1.165) is 17.3 Å². The smallest absolute Gasteiger partial charge is 0.235 e. The molecule has 1 aliphatic rings.